The van der Waals surface area contributed by atoms with E-state index in [1.54, 1.807) is 6.20 Å². The summed E-state index contributed by atoms with van der Waals surface area (Å²) in [5.41, 5.74) is 10.3. The van der Waals surface area contributed by atoms with E-state index in [0.29, 0.717) is 5.69 Å². The second-order valence-corrected chi connectivity index (χ2v) is 3.62. The number of nitrogens with zero attached hydrogens (tertiary/aromatic N) is 2. The fraction of sp³-hybridized carbons (Fsp3) is 0.182. The predicted molar refractivity (Wildman–Crippen MR) is 63.2 cm³/mol. The van der Waals surface area contributed by atoms with Crippen molar-refractivity contribution >= 4 is 5.69 Å². The zero-order chi connectivity index (χ0) is 11.5. The first-order valence-corrected chi connectivity index (χ1v) is 5.01. The Hall–Kier alpha value is -1.85. The molecule has 5 nitrogen and oxygen atoms in total. The zero-order valence-corrected chi connectivity index (χ0v) is 9.09. The van der Waals surface area contributed by atoms with Crippen LogP contribution in [0.25, 0.3) is 0 Å². The summed E-state index contributed by atoms with van der Waals surface area (Å²) in [6.45, 7) is 0. The molecule has 0 spiro atoms. The Labute approximate surface area is 94.1 Å². The molecule has 2 rings (SSSR count). The molecule has 1 heterocycles. The van der Waals surface area contributed by atoms with E-state index in [9.17, 15) is 0 Å². The lowest BCUT2D eigenvalue weighted by atomic mass is 10.0. The summed E-state index contributed by atoms with van der Waals surface area (Å²) in [6, 6.07) is 7.42. The van der Waals surface area contributed by atoms with Gasteiger partial charge >= 0.3 is 0 Å². The molecule has 0 aliphatic carbocycles. The summed E-state index contributed by atoms with van der Waals surface area (Å²) < 4.78 is 1.91. The lowest BCUT2D eigenvalue weighted by molar-refractivity contribution is 0.581. The minimum Gasteiger partial charge on any atom is -0.398 e. The van der Waals surface area contributed by atoms with E-state index in [1.165, 1.54) is 0 Å². The predicted octanol–water partition coefficient (Wildman–Crippen LogP) is 0.555. The third-order valence-corrected chi connectivity index (χ3v) is 2.59. The van der Waals surface area contributed by atoms with Gasteiger partial charge < -0.3 is 10.3 Å². The molecule has 0 saturated heterocycles. The van der Waals surface area contributed by atoms with Gasteiger partial charge in [-0.3, -0.25) is 5.84 Å². The molecular formula is C11H15N5. The minimum atomic E-state index is -0.193. The number of imidazole rings is 1. The van der Waals surface area contributed by atoms with E-state index in [4.69, 9.17) is 11.6 Å². The third-order valence-electron chi connectivity index (χ3n) is 2.59. The molecule has 5 N–H and O–H groups in total. The number of nitrogens with two attached hydrogens (primary N) is 2. The number of hydrogen-bond acceptors (Lipinski definition) is 4. The van der Waals surface area contributed by atoms with Crippen LogP contribution in [0.3, 0.4) is 0 Å². The number of rotatable bonds is 3. The van der Waals surface area contributed by atoms with Crippen molar-refractivity contribution in [1.82, 2.24) is 15.0 Å². The van der Waals surface area contributed by atoms with Crippen molar-refractivity contribution in [2.24, 2.45) is 12.9 Å². The Bertz CT molecular complexity index is 477. The van der Waals surface area contributed by atoms with E-state index in [1.807, 2.05) is 42.1 Å². The summed E-state index contributed by atoms with van der Waals surface area (Å²) in [5, 5.41) is 0. The number of anilines is 1. The number of hydrazine groups is 1. The second kappa shape index (κ2) is 4.34. The lowest BCUT2D eigenvalue weighted by Gasteiger charge is -2.17. The SMILES string of the molecule is Cn1ccnc1C(NN)c1ccccc1N. The highest BCUT2D eigenvalue weighted by atomic mass is 15.3. The van der Waals surface area contributed by atoms with E-state index < -0.39 is 0 Å². The number of para-hydroxylation sites is 1. The van der Waals surface area contributed by atoms with Crippen LogP contribution in [0.1, 0.15) is 17.4 Å². The average Bonchev–Trinajstić information content (AvgIpc) is 2.69. The van der Waals surface area contributed by atoms with Crippen molar-refractivity contribution in [1.29, 1.82) is 0 Å². The van der Waals surface area contributed by atoms with Crippen LogP contribution in [0.5, 0.6) is 0 Å². The first-order chi connectivity index (χ1) is 7.74. The number of hydrogen-bond donors (Lipinski definition) is 3. The van der Waals surface area contributed by atoms with Crippen LogP contribution >= 0.6 is 0 Å². The van der Waals surface area contributed by atoms with Gasteiger partial charge in [0.05, 0.1) is 0 Å². The molecule has 0 aliphatic heterocycles. The fourth-order valence-corrected chi connectivity index (χ4v) is 1.73. The third kappa shape index (κ3) is 1.78. The van der Waals surface area contributed by atoms with E-state index in [-0.39, 0.29) is 6.04 Å². The fourth-order valence-electron chi connectivity index (χ4n) is 1.73. The maximum absolute atomic E-state index is 5.92. The molecule has 0 saturated carbocycles. The first kappa shape index (κ1) is 10.7. The van der Waals surface area contributed by atoms with Gasteiger partial charge in [-0.05, 0) is 6.07 Å². The molecular weight excluding hydrogens is 202 g/mol. The van der Waals surface area contributed by atoms with Gasteiger partial charge in [-0.25, -0.2) is 10.4 Å². The van der Waals surface area contributed by atoms with Gasteiger partial charge in [0.1, 0.15) is 11.9 Å². The van der Waals surface area contributed by atoms with Crippen LogP contribution in [-0.2, 0) is 7.05 Å². The van der Waals surface area contributed by atoms with Crippen LogP contribution in [-0.4, -0.2) is 9.55 Å². The van der Waals surface area contributed by atoms with Crippen LogP contribution < -0.4 is 17.0 Å². The number of aromatic nitrogens is 2. The molecule has 2 aromatic rings. The highest BCUT2D eigenvalue weighted by Gasteiger charge is 2.18. The smallest absolute Gasteiger partial charge is 0.131 e. The molecule has 16 heavy (non-hydrogen) atoms. The van der Waals surface area contributed by atoms with E-state index in [2.05, 4.69) is 10.4 Å². The molecule has 0 fully saturated rings. The van der Waals surface area contributed by atoms with Gasteiger partial charge in [-0.1, -0.05) is 18.2 Å². The van der Waals surface area contributed by atoms with Crippen LogP contribution in [0.15, 0.2) is 36.7 Å². The van der Waals surface area contributed by atoms with Crippen molar-refractivity contribution in [3.8, 4) is 0 Å². The zero-order valence-electron chi connectivity index (χ0n) is 9.09. The average molecular weight is 217 g/mol. The Morgan fingerprint density at radius 1 is 1.38 bits per heavy atom. The Morgan fingerprint density at radius 3 is 2.69 bits per heavy atom. The van der Waals surface area contributed by atoms with Gasteiger partial charge in [0, 0.05) is 30.7 Å². The van der Waals surface area contributed by atoms with Crippen molar-refractivity contribution in [3.63, 3.8) is 0 Å². The minimum absolute atomic E-state index is 0.193. The first-order valence-electron chi connectivity index (χ1n) is 5.01. The molecule has 0 bridgehead atoms. The van der Waals surface area contributed by atoms with Crippen LogP contribution in [0, 0.1) is 0 Å². The quantitative estimate of drug-likeness (QED) is 0.398. The van der Waals surface area contributed by atoms with Gasteiger partial charge in [-0.15, -0.1) is 0 Å². The molecule has 1 aromatic carbocycles. The number of benzene rings is 1. The summed E-state index contributed by atoms with van der Waals surface area (Å²) in [5.74, 6) is 6.41. The van der Waals surface area contributed by atoms with Crippen LogP contribution in [0.4, 0.5) is 5.69 Å². The second-order valence-electron chi connectivity index (χ2n) is 3.62. The summed E-state index contributed by atoms with van der Waals surface area (Å²) in [7, 11) is 1.92. The van der Waals surface area contributed by atoms with Crippen molar-refractivity contribution in [3.05, 3.63) is 48.0 Å². The molecule has 1 atom stereocenters. The highest BCUT2D eigenvalue weighted by Crippen LogP contribution is 2.24. The van der Waals surface area contributed by atoms with Gasteiger partial charge in [0.2, 0.25) is 0 Å². The standard InChI is InChI=1S/C11H15N5/c1-16-7-6-14-11(16)10(15-13)8-4-2-3-5-9(8)12/h2-7,10,15H,12-13H2,1H3. The monoisotopic (exact) mass is 217 g/mol. The van der Waals surface area contributed by atoms with Crippen molar-refractivity contribution < 1.29 is 0 Å². The van der Waals surface area contributed by atoms with Crippen LogP contribution in [0.2, 0.25) is 0 Å². The van der Waals surface area contributed by atoms with Crippen molar-refractivity contribution in [2.45, 2.75) is 6.04 Å². The molecule has 1 unspecified atom stereocenters. The molecule has 0 amide bonds. The molecule has 0 radical (unpaired) electrons. The normalized spacial score (nSPS) is 12.6. The molecule has 5 heteroatoms. The molecule has 1 aromatic heterocycles. The topological polar surface area (TPSA) is 81.9 Å². The Balaban J connectivity index is 2.45. The highest BCUT2D eigenvalue weighted by molar-refractivity contribution is 5.49. The Morgan fingerprint density at radius 2 is 2.12 bits per heavy atom. The van der Waals surface area contributed by atoms with Gasteiger partial charge in [-0.2, -0.15) is 0 Å². The lowest BCUT2D eigenvalue weighted by Crippen LogP contribution is -2.31. The molecule has 84 valence electrons. The Kier molecular flexibility index (Phi) is 2.89. The maximum Gasteiger partial charge on any atom is 0.131 e. The molecule has 0 aliphatic rings. The van der Waals surface area contributed by atoms with E-state index in [0.717, 1.165) is 11.4 Å². The van der Waals surface area contributed by atoms with Gasteiger partial charge in [0.15, 0.2) is 0 Å². The summed E-state index contributed by atoms with van der Waals surface area (Å²) in [6.07, 6.45) is 3.61. The van der Waals surface area contributed by atoms with Crippen molar-refractivity contribution in [2.75, 3.05) is 5.73 Å². The van der Waals surface area contributed by atoms with Gasteiger partial charge in [0.25, 0.3) is 0 Å². The van der Waals surface area contributed by atoms with E-state index >= 15 is 0 Å². The number of nitrogens with one attached hydrogen (secondary N) is 1. The maximum atomic E-state index is 5.92. The summed E-state index contributed by atoms with van der Waals surface area (Å²) in [4.78, 5) is 4.27. The summed E-state index contributed by atoms with van der Waals surface area (Å²) >= 11 is 0. The largest absolute Gasteiger partial charge is 0.398 e. The number of aryl methyl sites for hydroxylation is 1. The number of nitrogen functional groups attached to an aromatic ring is 1.